The molecule has 0 heterocycles. The van der Waals surface area contributed by atoms with Crippen LogP contribution in [0.25, 0.3) is 0 Å². The SMILES string of the molecule is CC(C(=O)N[C@@H](CC#C[Si](C)(C)C(C)(C)C)C(=O)O)(c1ccccc1)c1ccccc1. The molecule has 2 aromatic carbocycles. The molecule has 31 heavy (non-hydrogen) atoms. The number of amides is 1. The van der Waals surface area contributed by atoms with Crippen LogP contribution in [-0.2, 0) is 15.0 Å². The van der Waals surface area contributed by atoms with Crippen LogP contribution in [0.5, 0.6) is 0 Å². The molecule has 0 fully saturated rings. The molecular weight excluding hydrogens is 402 g/mol. The van der Waals surface area contributed by atoms with Crippen LogP contribution >= 0.6 is 0 Å². The maximum atomic E-state index is 13.5. The highest BCUT2D eigenvalue weighted by Crippen LogP contribution is 2.35. The Morgan fingerprint density at radius 2 is 1.39 bits per heavy atom. The Balaban J connectivity index is 2.34. The van der Waals surface area contributed by atoms with E-state index in [-0.39, 0.29) is 17.4 Å². The third kappa shape index (κ3) is 5.65. The fourth-order valence-electron chi connectivity index (χ4n) is 3.04. The van der Waals surface area contributed by atoms with E-state index in [9.17, 15) is 14.7 Å². The van der Waals surface area contributed by atoms with Gasteiger partial charge in [-0.05, 0) is 23.1 Å². The van der Waals surface area contributed by atoms with Crippen LogP contribution in [0.2, 0.25) is 18.1 Å². The zero-order valence-corrected chi connectivity index (χ0v) is 20.3. The number of carboxylic acid groups (broad SMARTS) is 1. The first-order valence-corrected chi connectivity index (χ1v) is 13.5. The lowest BCUT2D eigenvalue weighted by atomic mass is 9.75. The Labute approximate surface area is 187 Å². The highest BCUT2D eigenvalue weighted by molar-refractivity contribution is 6.87. The summed E-state index contributed by atoms with van der Waals surface area (Å²) in [6, 6.07) is 17.8. The summed E-state index contributed by atoms with van der Waals surface area (Å²) in [5, 5.41) is 12.6. The second kappa shape index (κ2) is 9.53. The number of carboxylic acids is 1. The first kappa shape index (κ1) is 24.4. The fourth-order valence-corrected chi connectivity index (χ4v) is 3.96. The molecule has 0 unspecified atom stereocenters. The van der Waals surface area contributed by atoms with Crippen molar-refractivity contribution in [1.29, 1.82) is 0 Å². The maximum absolute atomic E-state index is 13.5. The summed E-state index contributed by atoms with van der Waals surface area (Å²) in [5.74, 6) is 1.63. The minimum absolute atomic E-state index is 0.0766. The molecule has 0 saturated heterocycles. The molecule has 0 aliphatic carbocycles. The lowest BCUT2D eigenvalue weighted by molar-refractivity contribution is -0.142. The number of carbonyl (C=O) groups is 2. The Morgan fingerprint density at radius 3 is 1.77 bits per heavy atom. The van der Waals surface area contributed by atoms with Crippen LogP contribution < -0.4 is 5.32 Å². The van der Waals surface area contributed by atoms with E-state index in [1.807, 2.05) is 67.6 Å². The van der Waals surface area contributed by atoms with Gasteiger partial charge in [-0.25, -0.2) is 4.79 Å². The molecular formula is C26H33NO3Si. The average molecular weight is 436 g/mol. The third-order valence-electron chi connectivity index (χ3n) is 6.34. The van der Waals surface area contributed by atoms with Gasteiger partial charge in [0.05, 0.1) is 5.41 Å². The zero-order chi connectivity index (χ0) is 23.3. The lowest BCUT2D eigenvalue weighted by Crippen LogP contribution is -2.50. The molecule has 2 rings (SSSR count). The van der Waals surface area contributed by atoms with Crippen molar-refractivity contribution in [3.63, 3.8) is 0 Å². The minimum atomic E-state index is -1.86. The predicted octanol–water partition coefficient (Wildman–Crippen LogP) is 5.00. The van der Waals surface area contributed by atoms with E-state index in [0.29, 0.717) is 0 Å². The van der Waals surface area contributed by atoms with Crippen LogP contribution in [0.3, 0.4) is 0 Å². The number of nitrogens with one attached hydrogen (secondary N) is 1. The number of hydrogen-bond donors (Lipinski definition) is 2. The fraction of sp³-hybridized carbons (Fsp3) is 0.385. The van der Waals surface area contributed by atoms with E-state index in [4.69, 9.17) is 0 Å². The van der Waals surface area contributed by atoms with Crippen LogP contribution in [0, 0.1) is 11.5 Å². The lowest BCUT2D eigenvalue weighted by Gasteiger charge is -2.32. The second-order valence-electron chi connectivity index (χ2n) is 9.60. The topological polar surface area (TPSA) is 66.4 Å². The van der Waals surface area contributed by atoms with Gasteiger partial charge < -0.3 is 10.4 Å². The van der Waals surface area contributed by atoms with Crippen LogP contribution in [-0.4, -0.2) is 31.1 Å². The van der Waals surface area contributed by atoms with Crippen molar-refractivity contribution in [3.8, 4) is 11.5 Å². The number of benzene rings is 2. The third-order valence-corrected chi connectivity index (χ3v) is 10.9. The van der Waals surface area contributed by atoms with Gasteiger partial charge in [0, 0.05) is 6.42 Å². The summed E-state index contributed by atoms with van der Waals surface area (Å²) in [7, 11) is -1.86. The Kier molecular flexibility index (Phi) is 7.51. The van der Waals surface area contributed by atoms with Crippen molar-refractivity contribution < 1.29 is 14.7 Å². The van der Waals surface area contributed by atoms with Crippen molar-refractivity contribution in [3.05, 3.63) is 71.8 Å². The zero-order valence-electron chi connectivity index (χ0n) is 19.3. The number of rotatable bonds is 6. The monoisotopic (exact) mass is 435 g/mol. The number of carbonyl (C=O) groups excluding carboxylic acids is 1. The van der Waals surface area contributed by atoms with E-state index in [1.165, 1.54) is 0 Å². The Bertz CT molecular complexity index is 927. The van der Waals surface area contributed by atoms with E-state index in [0.717, 1.165) is 11.1 Å². The summed E-state index contributed by atoms with van der Waals surface area (Å²) in [5.41, 5.74) is 3.91. The predicted molar refractivity (Wildman–Crippen MR) is 128 cm³/mol. The van der Waals surface area contributed by atoms with Crippen LogP contribution in [0.4, 0.5) is 0 Å². The van der Waals surface area contributed by atoms with Crippen LogP contribution in [0.15, 0.2) is 60.7 Å². The summed E-state index contributed by atoms with van der Waals surface area (Å²) >= 11 is 0. The van der Waals surface area contributed by atoms with Crippen molar-refractivity contribution in [2.45, 2.75) is 63.7 Å². The van der Waals surface area contributed by atoms with Gasteiger partial charge in [0.25, 0.3) is 0 Å². The van der Waals surface area contributed by atoms with Gasteiger partial charge in [-0.15, -0.1) is 11.5 Å². The highest BCUT2D eigenvalue weighted by atomic mass is 28.3. The van der Waals surface area contributed by atoms with E-state index in [1.54, 1.807) is 0 Å². The summed E-state index contributed by atoms with van der Waals surface area (Å²) in [6.45, 7) is 12.7. The molecule has 0 spiro atoms. The molecule has 0 radical (unpaired) electrons. The smallest absolute Gasteiger partial charge is 0.327 e. The quantitative estimate of drug-likeness (QED) is 0.495. The summed E-state index contributed by atoms with van der Waals surface area (Å²) in [6.07, 6.45) is 0.0766. The van der Waals surface area contributed by atoms with Gasteiger partial charge in [-0.2, -0.15) is 0 Å². The normalized spacial score (nSPS) is 13.0. The Morgan fingerprint density at radius 1 is 0.935 bits per heavy atom. The number of aliphatic carboxylic acids is 1. The second-order valence-corrected chi connectivity index (χ2v) is 14.6. The average Bonchev–Trinajstić information content (AvgIpc) is 2.72. The standard InChI is InChI=1S/C26H33NO3Si/c1-25(2,3)31(5,6)19-13-18-22(23(28)29)27-24(30)26(4,20-14-9-7-10-15-20)21-16-11-8-12-17-21/h7-12,14-17,22H,18H2,1-6H3,(H,27,30)(H,28,29)/t22-/m0/s1. The highest BCUT2D eigenvalue weighted by Gasteiger charge is 2.39. The number of hydrogen-bond acceptors (Lipinski definition) is 2. The van der Waals surface area contributed by atoms with Gasteiger partial charge in [0.2, 0.25) is 5.91 Å². The molecule has 0 aromatic heterocycles. The molecule has 1 atom stereocenters. The van der Waals surface area contributed by atoms with Crippen LogP contribution in [0.1, 0.15) is 45.2 Å². The van der Waals surface area contributed by atoms with Crippen molar-refractivity contribution >= 4 is 20.0 Å². The maximum Gasteiger partial charge on any atom is 0.327 e. The van der Waals surface area contributed by atoms with Crippen molar-refractivity contribution in [1.82, 2.24) is 5.32 Å². The largest absolute Gasteiger partial charge is 0.480 e. The van der Waals surface area contributed by atoms with Crippen molar-refractivity contribution in [2.24, 2.45) is 0 Å². The molecule has 0 aliphatic heterocycles. The van der Waals surface area contributed by atoms with E-state index in [2.05, 4.69) is 50.6 Å². The molecule has 2 N–H and O–H groups in total. The van der Waals surface area contributed by atoms with Crippen molar-refractivity contribution in [2.75, 3.05) is 0 Å². The first-order valence-electron chi connectivity index (χ1n) is 10.5. The molecule has 0 saturated carbocycles. The van der Waals surface area contributed by atoms with Gasteiger partial charge in [0.15, 0.2) is 0 Å². The molecule has 164 valence electrons. The van der Waals surface area contributed by atoms with Gasteiger partial charge in [0.1, 0.15) is 14.1 Å². The molecule has 0 bridgehead atoms. The van der Waals surface area contributed by atoms with Gasteiger partial charge in [-0.3, -0.25) is 4.79 Å². The molecule has 2 aromatic rings. The first-order chi connectivity index (χ1) is 14.4. The Hall–Kier alpha value is -2.84. The van der Waals surface area contributed by atoms with Gasteiger partial charge >= 0.3 is 5.97 Å². The molecule has 4 nitrogen and oxygen atoms in total. The van der Waals surface area contributed by atoms with E-state index < -0.39 is 25.5 Å². The van der Waals surface area contributed by atoms with Gasteiger partial charge in [-0.1, -0.05) is 94.5 Å². The molecule has 0 aliphatic rings. The summed E-state index contributed by atoms with van der Waals surface area (Å²) < 4.78 is 0. The molecule has 1 amide bonds. The molecule has 5 heteroatoms. The van der Waals surface area contributed by atoms with E-state index >= 15 is 0 Å². The minimum Gasteiger partial charge on any atom is -0.480 e. The summed E-state index contributed by atoms with van der Waals surface area (Å²) in [4.78, 5) is 25.4.